The molecule has 0 saturated carbocycles. The number of alkyl halides is 6. The van der Waals surface area contributed by atoms with E-state index in [0.717, 1.165) is 12.1 Å². The van der Waals surface area contributed by atoms with Crippen LogP contribution in [0.25, 0.3) is 0 Å². The summed E-state index contributed by atoms with van der Waals surface area (Å²) in [6, 6.07) is 3.19. The lowest BCUT2D eigenvalue weighted by Crippen LogP contribution is -2.08. The van der Waals surface area contributed by atoms with Crippen LogP contribution in [-0.4, -0.2) is 23.8 Å². The lowest BCUT2D eigenvalue weighted by atomic mass is 10.1. The Kier molecular flexibility index (Phi) is 6.07. The zero-order valence-corrected chi connectivity index (χ0v) is 11.3. The minimum Gasteiger partial charge on any atom is -0.434 e. The molecule has 1 rings (SSSR count). The molecule has 112 valence electrons. The number of ketones is 1. The Hall–Kier alpha value is -1.02. The average Bonchev–Trinajstić information content (AvgIpc) is 2.30. The normalized spacial score (nSPS) is 11.8. The molecule has 0 aliphatic rings. The van der Waals surface area contributed by atoms with Crippen molar-refractivity contribution in [1.82, 2.24) is 0 Å². The number of carbonyl (C=O) groups is 1. The van der Waals surface area contributed by atoms with Crippen molar-refractivity contribution in [2.75, 3.05) is 5.88 Å². The van der Waals surface area contributed by atoms with Crippen molar-refractivity contribution in [3.8, 4) is 5.75 Å². The van der Waals surface area contributed by atoms with Gasteiger partial charge in [0.05, 0.1) is 10.8 Å². The molecule has 2 nitrogen and oxygen atoms in total. The van der Waals surface area contributed by atoms with Gasteiger partial charge in [-0.3, -0.25) is 4.79 Å². The number of hydrogen-bond acceptors (Lipinski definition) is 3. The summed E-state index contributed by atoms with van der Waals surface area (Å²) in [6.45, 7) is -3.26. The Morgan fingerprint density at radius 2 is 2.00 bits per heavy atom. The second-order valence-corrected chi connectivity index (χ2v) is 4.93. The Bertz CT molecular complexity index is 478. The number of ether oxygens (including phenoxy) is 1. The third kappa shape index (κ3) is 5.96. The lowest BCUT2D eigenvalue weighted by Gasteiger charge is -2.13. The van der Waals surface area contributed by atoms with Crippen LogP contribution >= 0.6 is 23.4 Å². The fraction of sp³-hybridized carbons (Fsp3) is 0.364. The quantitative estimate of drug-likeness (QED) is 0.442. The number of carbonyl (C=O) groups excluding carboxylic acids is 1. The molecule has 0 unspecified atom stereocenters. The van der Waals surface area contributed by atoms with Gasteiger partial charge in [-0.1, -0.05) is 6.07 Å². The van der Waals surface area contributed by atoms with Crippen LogP contribution in [-0.2, 0) is 11.2 Å². The first-order valence-corrected chi connectivity index (χ1v) is 6.47. The number of hydrogen-bond donors (Lipinski definition) is 0. The monoisotopic (exact) mass is 334 g/mol. The zero-order chi connectivity index (χ0) is 15.3. The number of benzene rings is 1. The summed E-state index contributed by atoms with van der Waals surface area (Å²) in [4.78, 5) is 10.6. The van der Waals surface area contributed by atoms with Crippen molar-refractivity contribution in [3.05, 3.63) is 23.8 Å². The van der Waals surface area contributed by atoms with Gasteiger partial charge in [0.25, 0.3) is 0 Å². The molecule has 0 N–H and O–H groups in total. The van der Waals surface area contributed by atoms with Gasteiger partial charge in [0.2, 0.25) is 0 Å². The molecule has 0 aliphatic heterocycles. The smallest absolute Gasteiger partial charge is 0.434 e. The molecule has 0 saturated heterocycles. The largest absolute Gasteiger partial charge is 0.446 e. The summed E-state index contributed by atoms with van der Waals surface area (Å²) in [7, 11) is 0. The van der Waals surface area contributed by atoms with E-state index in [4.69, 9.17) is 11.6 Å². The molecule has 1 aromatic carbocycles. The highest BCUT2D eigenvalue weighted by atomic mass is 35.5. The molecule has 0 heterocycles. The predicted octanol–water partition coefficient (Wildman–Crippen LogP) is 4.25. The molecule has 20 heavy (non-hydrogen) atoms. The molecule has 1 aromatic rings. The Morgan fingerprint density at radius 1 is 1.35 bits per heavy atom. The van der Waals surface area contributed by atoms with E-state index in [0.29, 0.717) is 0 Å². The predicted molar refractivity (Wildman–Crippen MR) is 64.4 cm³/mol. The van der Waals surface area contributed by atoms with Gasteiger partial charge in [0, 0.05) is 6.42 Å². The van der Waals surface area contributed by atoms with Crippen molar-refractivity contribution in [3.63, 3.8) is 0 Å². The average molecular weight is 335 g/mol. The maximum atomic E-state index is 12.3. The van der Waals surface area contributed by atoms with Crippen LogP contribution in [0.4, 0.5) is 22.0 Å². The highest BCUT2D eigenvalue weighted by molar-refractivity contribution is 8.00. The molecule has 9 heteroatoms. The third-order valence-electron chi connectivity index (χ3n) is 2.00. The molecule has 0 atom stereocenters. The van der Waals surface area contributed by atoms with Crippen LogP contribution in [0.2, 0.25) is 0 Å². The van der Waals surface area contributed by atoms with Gasteiger partial charge < -0.3 is 4.74 Å². The maximum Gasteiger partial charge on any atom is 0.446 e. The fourth-order valence-electron chi connectivity index (χ4n) is 1.33. The highest BCUT2D eigenvalue weighted by Gasteiger charge is 2.31. The topological polar surface area (TPSA) is 26.3 Å². The highest BCUT2D eigenvalue weighted by Crippen LogP contribution is 2.42. The molecule has 0 bridgehead atoms. The first kappa shape index (κ1) is 17.0. The minimum atomic E-state index is -4.63. The number of halogens is 6. The summed E-state index contributed by atoms with van der Waals surface area (Å²) < 4.78 is 65.3. The molecule has 0 spiro atoms. The summed E-state index contributed by atoms with van der Waals surface area (Å²) in [5.41, 5.74) is -4.38. The summed E-state index contributed by atoms with van der Waals surface area (Å²) in [5.74, 6) is -1.28. The van der Waals surface area contributed by atoms with Crippen molar-refractivity contribution in [1.29, 1.82) is 0 Å². The lowest BCUT2D eigenvalue weighted by molar-refractivity contribution is -0.116. The van der Waals surface area contributed by atoms with E-state index < -0.39 is 34.5 Å². The van der Waals surface area contributed by atoms with E-state index in [9.17, 15) is 26.7 Å². The third-order valence-corrected chi connectivity index (χ3v) is 3.09. The fourth-order valence-corrected chi connectivity index (χ4v) is 2.02. The Labute approximate surface area is 120 Å². The van der Waals surface area contributed by atoms with Gasteiger partial charge in [-0.2, -0.15) is 22.0 Å². The van der Waals surface area contributed by atoms with Gasteiger partial charge in [-0.15, -0.1) is 11.6 Å². The summed E-state index contributed by atoms with van der Waals surface area (Å²) in [5, 5.41) is 0. The summed E-state index contributed by atoms with van der Waals surface area (Å²) >= 11 is 4.72. The van der Waals surface area contributed by atoms with Gasteiger partial charge in [-0.05, 0) is 29.5 Å². The van der Waals surface area contributed by atoms with Gasteiger partial charge >= 0.3 is 12.1 Å². The first-order chi connectivity index (χ1) is 9.21. The van der Waals surface area contributed by atoms with E-state index in [1.807, 2.05) is 0 Å². The van der Waals surface area contributed by atoms with Crippen molar-refractivity contribution in [2.45, 2.75) is 23.4 Å². The van der Waals surface area contributed by atoms with Crippen LogP contribution in [0, 0.1) is 0 Å². The van der Waals surface area contributed by atoms with Crippen LogP contribution in [0.15, 0.2) is 23.1 Å². The zero-order valence-electron chi connectivity index (χ0n) is 9.72. The molecule has 0 amide bonds. The second kappa shape index (κ2) is 7.12. The molecule has 0 aliphatic carbocycles. The number of Topliss-reactive ketones (excluding diaryl/α,β-unsaturated/α-hetero) is 1. The SMILES string of the molecule is O=C(CCl)Cc1ccc(SC(F)(F)F)c(OC(F)F)c1. The Morgan fingerprint density at radius 3 is 2.50 bits per heavy atom. The van der Waals surface area contributed by atoms with Crippen LogP contribution in [0.1, 0.15) is 5.56 Å². The van der Waals surface area contributed by atoms with Crippen LogP contribution in [0.3, 0.4) is 0 Å². The van der Waals surface area contributed by atoms with Crippen LogP contribution < -0.4 is 4.74 Å². The molecular formula is C11H8ClF5O2S. The van der Waals surface area contributed by atoms with Crippen molar-refractivity contribution >= 4 is 29.1 Å². The van der Waals surface area contributed by atoms with Gasteiger partial charge in [-0.25, -0.2) is 0 Å². The number of thioether (sulfide) groups is 1. The maximum absolute atomic E-state index is 12.3. The molecule has 0 fully saturated rings. The van der Waals surface area contributed by atoms with E-state index in [2.05, 4.69) is 4.74 Å². The van der Waals surface area contributed by atoms with E-state index in [1.165, 1.54) is 6.07 Å². The standard InChI is InChI=1S/C11H8ClF5O2S/c12-5-7(18)3-6-1-2-9(20-11(15,16)17)8(4-6)19-10(13)14/h1-2,4,10H,3,5H2. The van der Waals surface area contributed by atoms with Crippen molar-refractivity contribution in [2.24, 2.45) is 0 Å². The molecule has 0 radical (unpaired) electrons. The summed E-state index contributed by atoms with van der Waals surface area (Å²) in [6.07, 6.45) is -0.167. The van der Waals surface area contributed by atoms with Gasteiger partial charge in [0.1, 0.15) is 5.75 Å². The Balaban J connectivity index is 3.03. The van der Waals surface area contributed by atoms with Crippen LogP contribution in [0.5, 0.6) is 5.75 Å². The van der Waals surface area contributed by atoms with E-state index >= 15 is 0 Å². The molecule has 0 aromatic heterocycles. The minimum absolute atomic E-state index is 0.167. The van der Waals surface area contributed by atoms with E-state index in [-0.39, 0.29) is 23.6 Å². The van der Waals surface area contributed by atoms with Gasteiger partial charge in [0.15, 0.2) is 5.78 Å². The van der Waals surface area contributed by atoms with E-state index in [1.54, 1.807) is 0 Å². The van der Waals surface area contributed by atoms with Crippen molar-refractivity contribution < 1.29 is 31.5 Å². The second-order valence-electron chi connectivity index (χ2n) is 3.56. The molecular weight excluding hydrogens is 327 g/mol. The number of rotatable bonds is 6. The first-order valence-electron chi connectivity index (χ1n) is 5.12.